The first kappa shape index (κ1) is 7.78. The van der Waals surface area contributed by atoms with Crippen LogP contribution in [0.1, 0.15) is 44.9 Å². The highest BCUT2D eigenvalue weighted by Gasteiger charge is 2.65. The van der Waals surface area contributed by atoms with Crippen LogP contribution < -0.4 is 0 Å². The monoisotopic (exact) mass is 176 g/mol. The Morgan fingerprint density at radius 1 is 1.08 bits per heavy atom. The lowest BCUT2D eigenvalue weighted by atomic mass is 9.70. The summed E-state index contributed by atoms with van der Waals surface area (Å²) in [4.78, 5) is 12.1. The molecule has 0 bridgehead atoms. The summed E-state index contributed by atoms with van der Waals surface area (Å²) in [5.74, 6) is 0.433. The van der Waals surface area contributed by atoms with Crippen molar-refractivity contribution in [2.24, 2.45) is 10.8 Å². The summed E-state index contributed by atoms with van der Waals surface area (Å²) in [6, 6.07) is 0. The van der Waals surface area contributed by atoms with Gasteiger partial charge in [-0.1, -0.05) is 19.4 Å². The van der Waals surface area contributed by atoms with Crippen LogP contribution in [0.3, 0.4) is 0 Å². The van der Waals surface area contributed by atoms with Crippen molar-refractivity contribution in [1.29, 1.82) is 0 Å². The fourth-order valence-corrected chi connectivity index (χ4v) is 4.36. The maximum atomic E-state index is 12.1. The van der Waals surface area contributed by atoms with Gasteiger partial charge in [0, 0.05) is 5.41 Å². The lowest BCUT2D eigenvalue weighted by molar-refractivity contribution is -0.125. The Hall–Kier alpha value is -0.590. The summed E-state index contributed by atoms with van der Waals surface area (Å²) in [6.45, 7) is 3.94. The molecule has 0 N–H and O–H groups in total. The van der Waals surface area contributed by atoms with Gasteiger partial charge in [-0.2, -0.15) is 0 Å². The molecular weight excluding hydrogens is 160 g/mol. The summed E-state index contributed by atoms with van der Waals surface area (Å²) in [7, 11) is 0. The van der Waals surface area contributed by atoms with E-state index in [0.717, 1.165) is 24.8 Å². The number of allylic oxidation sites excluding steroid dienone is 1. The van der Waals surface area contributed by atoms with E-state index >= 15 is 0 Å². The molecular formula is C12H16O. The number of Topliss-reactive ketones (excluding diaryl/α,β-unsaturated/α-hetero) is 1. The molecule has 0 spiro atoms. The minimum atomic E-state index is 0.0874. The highest BCUT2D eigenvalue weighted by atomic mass is 16.1. The van der Waals surface area contributed by atoms with Crippen LogP contribution in [0.5, 0.6) is 0 Å². The van der Waals surface area contributed by atoms with Crippen molar-refractivity contribution >= 4 is 5.78 Å². The van der Waals surface area contributed by atoms with Crippen LogP contribution in [0.2, 0.25) is 0 Å². The fourth-order valence-electron chi connectivity index (χ4n) is 4.36. The van der Waals surface area contributed by atoms with E-state index in [-0.39, 0.29) is 5.41 Å². The van der Waals surface area contributed by atoms with E-state index in [4.69, 9.17) is 0 Å². The van der Waals surface area contributed by atoms with Gasteiger partial charge in [0.05, 0.1) is 0 Å². The third-order valence-corrected chi connectivity index (χ3v) is 4.84. The molecule has 13 heavy (non-hydrogen) atoms. The summed E-state index contributed by atoms with van der Waals surface area (Å²) in [5.41, 5.74) is 1.41. The number of carbonyl (C=O) groups is 1. The zero-order valence-electron chi connectivity index (χ0n) is 8.07. The van der Waals surface area contributed by atoms with Gasteiger partial charge in [-0.05, 0) is 43.1 Å². The zero-order chi connectivity index (χ0) is 9.10. The Kier molecular flexibility index (Phi) is 1.24. The van der Waals surface area contributed by atoms with Crippen LogP contribution in [0.4, 0.5) is 0 Å². The molecule has 70 valence electrons. The Bertz CT molecular complexity index is 290. The van der Waals surface area contributed by atoms with E-state index in [0.29, 0.717) is 11.2 Å². The molecule has 0 atom stereocenters. The largest absolute Gasteiger partial charge is 0.294 e. The summed E-state index contributed by atoms with van der Waals surface area (Å²) in [6.07, 6.45) is 8.47. The van der Waals surface area contributed by atoms with Crippen molar-refractivity contribution in [2.45, 2.75) is 44.9 Å². The third kappa shape index (κ3) is 0.651. The van der Waals surface area contributed by atoms with E-state index in [1.54, 1.807) is 0 Å². The molecule has 3 saturated carbocycles. The van der Waals surface area contributed by atoms with Gasteiger partial charge < -0.3 is 0 Å². The molecule has 1 heteroatoms. The molecule has 0 amide bonds. The van der Waals surface area contributed by atoms with E-state index in [9.17, 15) is 4.79 Å². The van der Waals surface area contributed by atoms with Gasteiger partial charge in [0.25, 0.3) is 0 Å². The molecule has 3 aliphatic rings. The second kappa shape index (κ2) is 2.08. The van der Waals surface area contributed by atoms with E-state index in [2.05, 4.69) is 6.58 Å². The van der Waals surface area contributed by atoms with Crippen molar-refractivity contribution in [2.75, 3.05) is 0 Å². The quantitative estimate of drug-likeness (QED) is 0.519. The number of hydrogen-bond donors (Lipinski definition) is 0. The van der Waals surface area contributed by atoms with E-state index in [1.807, 2.05) is 0 Å². The molecule has 3 rings (SSSR count). The second-order valence-corrected chi connectivity index (χ2v) is 5.18. The average molecular weight is 176 g/mol. The lowest BCUT2D eigenvalue weighted by Crippen LogP contribution is -2.31. The van der Waals surface area contributed by atoms with Crippen molar-refractivity contribution < 1.29 is 4.79 Å². The summed E-state index contributed by atoms with van der Waals surface area (Å²) in [5, 5.41) is 0. The van der Waals surface area contributed by atoms with Gasteiger partial charge in [0.15, 0.2) is 5.78 Å². The van der Waals surface area contributed by atoms with Gasteiger partial charge in [-0.25, -0.2) is 0 Å². The van der Waals surface area contributed by atoms with Crippen molar-refractivity contribution in [3.63, 3.8) is 0 Å². The Labute approximate surface area is 79.2 Å². The summed E-state index contributed by atoms with van der Waals surface area (Å²) >= 11 is 0. The van der Waals surface area contributed by atoms with Crippen LogP contribution in [-0.2, 0) is 4.79 Å². The number of carbonyl (C=O) groups excluding carboxylic acids is 1. The predicted octanol–water partition coefficient (Wildman–Crippen LogP) is 2.86. The first-order valence-corrected chi connectivity index (χ1v) is 5.43. The molecule has 0 radical (unpaired) electrons. The molecule has 3 aliphatic carbocycles. The van der Waals surface area contributed by atoms with Crippen molar-refractivity contribution in [3.8, 4) is 0 Å². The molecule has 0 heterocycles. The first-order chi connectivity index (χ1) is 6.20. The molecule has 0 aromatic heterocycles. The molecule has 1 nitrogen and oxygen atoms in total. The van der Waals surface area contributed by atoms with Crippen molar-refractivity contribution in [1.82, 2.24) is 0 Å². The minimum absolute atomic E-state index is 0.0874. The zero-order valence-corrected chi connectivity index (χ0v) is 8.07. The minimum Gasteiger partial charge on any atom is -0.294 e. The molecule has 0 aliphatic heterocycles. The smallest absolute Gasteiger partial charge is 0.164 e. The maximum absolute atomic E-state index is 12.1. The van der Waals surface area contributed by atoms with Crippen LogP contribution in [0.25, 0.3) is 0 Å². The van der Waals surface area contributed by atoms with Crippen LogP contribution >= 0.6 is 0 Å². The predicted molar refractivity (Wildman–Crippen MR) is 51.3 cm³/mol. The number of rotatable bonds is 0. The van der Waals surface area contributed by atoms with Gasteiger partial charge in [-0.15, -0.1) is 0 Å². The van der Waals surface area contributed by atoms with E-state index < -0.39 is 0 Å². The number of ketones is 1. The standard InChI is InChI=1S/C12H16O/c1-9-8-11-4-2-6-12(11,10(9)13)7-3-5-11/h1-8H2. The summed E-state index contributed by atoms with van der Waals surface area (Å²) < 4.78 is 0. The highest BCUT2D eigenvalue weighted by molar-refractivity contribution is 6.03. The second-order valence-electron chi connectivity index (χ2n) is 5.18. The van der Waals surface area contributed by atoms with Gasteiger partial charge in [-0.3, -0.25) is 4.79 Å². The topological polar surface area (TPSA) is 17.1 Å². The van der Waals surface area contributed by atoms with Crippen LogP contribution in [0, 0.1) is 10.8 Å². The molecule has 3 fully saturated rings. The first-order valence-electron chi connectivity index (χ1n) is 5.43. The van der Waals surface area contributed by atoms with E-state index in [1.165, 1.54) is 25.7 Å². The lowest BCUT2D eigenvalue weighted by Gasteiger charge is -2.31. The average Bonchev–Trinajstić information content (AvgIpc) is 2.61. The normalized spacial score (nSPS) is 48.3. The third-order valence-electron chi connectivity index (χ3n) is 4.84. The molecule has 0 aromatic rings. The van der Waals surface area contributed by atoms with Gasteiger partial charge >= 0.3 is 0 Å². The van der Waals surface area contributed by atoms with Gasteiger partial charge in [0.1, 0.15) is 0 Å². The highest BCUT2D eigenvalue weighted by Crippen LogP contribution is 2.70. The molecule has 0 unspecified atom stereocenters. The molecule has 0 aromatic carbocycles. The maximum Gasteiger partial charge on any atom is 0.164 e. The Balaban J connectivity index is 2.16. The Morgan fingerprint density at radius 2 is 1.69 bits per heavy atom. The number of hydrogen-bond acceptors (Lipinski definition) is 1. The van der Waals surface area contributed by atoms with Crippen molar-refractivity contribution in [3.05, 3.63) is 12.2 Å². The SMILES string of the molecule is C=C1CC23CCCC2(CCC3)C1=O. The fraction of sp³-hybridized carbons (Fsp3) is 0.750. The van der Waals surface area contributed by atoms with Crippen LogP contribution in [0.15, 0.2) is 12.2 Å². The van der Waals surface area contributed by atoms with Crippen LogP contribution in [-0.4, -0.2) is 5.78 Å². The molecule has 0 saturated heterocycles. The Morgan fingerprint density at radius 3 is 2.23 bits per heavy atom. The van der Waals surface area contributed by atoms with Gasteiger partial charge in [0.2, 0.25) is 0 Å².